The van der Waals surface area contributed by atoms with E-state index in [1.807, 2.05) is 0 Å². The van der Waals surface area contributed by atoms with Crippen molar-refractivity contribution in [3.63, 3.8) is 0 Å². The number of hydrogen-bond acceptors (Lipinski definition) is 4. The fourth-order valence-electron chi connectivity index (χ4n) is 1.61. The summed E-state index contributed by atoms with van der Waals surface area (Å²) in [5.74, 6) is -3.81. The van der Waals surface area contributed by atoms with Gasteiger partial charge >= 0.3 is 5.97 Å². The Hall–Kier alpha value is -1.48. The highest BCUT2D eigenvalue weighted by Gasteiger charge is 2.26. The van der Waals surface area contributed by atoms with Crippen LogP contribution in [0, 0.1) is 5.82 Å². The average Bonchev–Trinajstić information content (AvgIpc) is 2.31. The van der Waals surface area contributed by atoms with Gasteiger partial charge in [0.15, 0.2) is 9.84 Å². The summed E-state index contributed by atoms with van der Waals surface area (Å²) in [5, 5.41) is 11.0. The van der Waals surface area contributed by atoms with Gasteiger partial charge in [0.1, 0.15) is 11.9 Å². The minimum atomic E-state index is -3.81. The van der Waals surface area contributed by atoms with Gasteiger partial charge in [-0.3, -0.25) is 4.79 Å². The molecule has 2 N–H and O–H groups in total. The minimum absolute atomic E-state index is 0.275. The van der Waals surface area contributed by atoms with Crippen molar-refractivity contribution in [3.8, 4) is 0 Å². The predicted molar refractivity (Wildman–Crippen MR) is 76.8 cm³/mol. The molecule has 1 unspecified atom stereocenters. The van der Waals surface area contributed by atoms with Crippen molar-refractivity contribution in [1.29, 1.82) is 0 Å². The molecule has 0 bridgehead atoms. The van der Waals surface area contributed by atoms with Gasteiger partial charge in [0, 0.05) is 11.4 Å². The maximum absolute atomic E-state index is 12.9. The van der Waals surface area contributed by atoms with E-state index >= 15 is 0 Å². The van der Waals surface area contributed by atoms with Crippen LogP contribution in [0.5, 0.6) is 0 Å². The molecule has 1 aromatic carbocycles. The first-order valence-corrected chi connectivity index (χ1v) is 8.36. The lowest BCUT2D eigenvalue weighted by Gasteiger charge is -2.14. The lowest BCUT2D eigenvalue weighted by Crippen LogP contribution is -2.44. The van der Waals surface area contributed by atoms with Crippen LogP contribution in [0.4, 0.5) is 4.39 Å². The second-order valence-electron chi connectivity index (χ2n) is 4.38. The summed E-state index contributed by atoms with van der Waals surface area (Å²) >= 11 is 3.04. The second kappa shape index (κ2) is 6.99. The van der Waals surface area contributed by atoms with E-state index in [0.29, 0.717) is 5.56 Å². The number of aliphatic carboxylic acids is 1. The van der Waals surface area contributed by atoms with Crippen LogP contribution in [0.2, 0.25) is 0 Å². The van der Waals surface area contributed by atoms with Crippen molar-refractivity contribution in [1.82, 2.24) is 5.32 Å². The van der Waals surface area contributed by atoms with Gasteiger partial charge < -0.3 is 10.4 Å². The van der Waals surface area contributed by atoms with Gasteiger partial charge in [-0.05, 0) is 17.7 Å². The molecule has 0 spiro atoms. The first kappa shape index (κ1) is 17.6. The number of halogens is 2. The molecule has 0 aliphatic heterocycles. The lowest BCUT2D eigenvalue weighted by atomic mass is 10.2. The number of benzene rings is 1. The largest absolute Gasteiger partial charge is 0.480 e. The van der Waals surface area contributed by atoms with E-state index in [2.05, 4.69) is 21.2 Å². The molecule has 0 saturated heterocycles. The number of sulfone groups is 1. The van der Waals surface area contributed by atoms with E-state index in [9.17, 15) is 22.4 Å². The molecule has 0 radical (unpaired) electrons. The molecule has 6 nitrogen and oxygen atoms in total. The van der Waals surface area contributed by atoms with Gasteiger partial charge in [0.05, 0.1) is 11.5 Å². The summed E-state index contributed by atoms with van der Waals surface area (Å²) in [4.78, 5) is 21.8. The van der Waals surface area contributed by atoms with Gasteiger partial charge in [-0.1, -0.05) is 22.0 Å². The zero-order valence-electron chi connectivity index (χ0n) is 11.0. The van der Waals surface area contributed by atoms with Crippen LogP contribution in [0.25, 0.3) is 0 Å². The Bertz CT molecular complexity index is 662. The van der Waals surface area contributed by atoms with E-state index in [0.717, 1.165) is 19.1 Å². The van der Waals surface area contributed by atoms with Gasteiger partial charge in [-0.15, -0.1) is 0 Å². The zero-order chi connectivity index (χ0) is 16.2. The Morgan fingerprint density at radius 2 is 2.05 bits per heavy atom. The van der Waals surface area contributed by atoms with Crippen LogP contribution >= 0.6 is 15.9 Å². The van der Waals surface area contributed by atoms with Crippen LogP contribution < -0.4 is 5.32 Å². The Labute approximate surface area is 129 Å². The third-order valence-electron chi connectivity index (χ3n) is 2.49. The van der Waals surface area contributed by atoms with Crippen molar-refractivity contribution in [2.45, 2.75) is 18.7 Å². The van der Waals surface area contributed by atoms with Crippen LogP contribution in [0.3, 0.4) is 0 Å². The summed E-state index contributed by atoms with van der Waals surface area (Å²) in [7, 11) is -3.81. The highest BCUT2D eigenvalue weighted by molar-refractivity contribution is 9.10. The van der Waals surface area contributed by atoms with E-state index in [4.69, 9.17) is 5.11 Å². The lowest BCUT2D eigenvalue weighted by molar-refractivity contribution is -0.140. The van der Waals surface area contributed by atoms with Gasteiger partial charge in [-0.2, -0.15) is 0 Å². The fraction of sp³-hybridized carbons (Fsp3) is 0.333. The molecule has 0 saturated carbocycles. The summed E-state index contributed by atoms with van der Waals surface area (Å²) in [5.41, 5.74) is 0.309. The molecule has 0 aliphatic carbocycles. The molecular weight excluding hydrogens is 369 g/mol. The first-order chi connectivity index (χ1) is 9.60. The minimum Gasteiger partial charge on any atom is -0.480 e. The first-order valence-electron chi connectivity index (χ1n) is 5.75. The van der Waals surface area contributed by atoms with Gasteiger partial charge in [0.2, 0.25) is 5.91 Å². The topological polar surface area (TPSA) is 101 Å². The quantitative estimate of drug-likeness (QED) is 0.767. The van der Waals surface area contributed by atoms with Crippen molar-refractivity contribution in [2.75, 3.05) is 5.75 Å². The van der Waals surface area contributed by atoms with Crippen molar-refractivity contribution < 1.29 is 27.5 Å². The number of carbonyl (C=O) groups is 2. The molecular formula is C12H13BrFNO5S. The fourth-order valence-corrected chi connectivity index (χ4v) is 3.86. The van der Waals surface area contributed by atoms with E-state index in [1.165, 1.54) is 6.07 Å². The third-order valence-corrected chi connectivity index (χ3v) is 4.82. The number of nitrogens with one attached hydrogen (secondary N) is 1. The molecule has 0 heterocycles. The molecule has 0 aliphatic rings. The monoisotopic (exact) mass is 381 g/mol. The summed E-state index contributed by atoms with van der Waals surface area (Å²) in [6, 6.07) is 2.00. The molecule has 0 fully saturated rings. The van der Waals surface area contributed by atoms with E-state index in [1.54, 1.807) is 0 Å². The Balaban J connectivity index is 2.90. The molecule has 1 amide bonds. The van der Waals surface area contributed by atoms with E-state index in [-0.39, 0.29) is 4.47 Å². The third kappa shape index (κ3) is 5.80. The van der Waals surface area contributed by atoms with Crippen LogP contribution in [0.15, 0.2) is 22.7 Å². The molecule has 0 aromatic heterocycles. The summed E-state index contributed by atoms with van der Waals surface area (Å²) in [6.07, 6.45) is 0. The van der Waals surface area contributed by atoms with Gasteiger partial charge in [-0.25, -0.2) is 17.6 Å². The number of carboxylic acids is 1. The standard InChI is InChI=1S/C12H13BrFNO5S/c1-7(16)15-11(12(17)18)6-21(19,20)5-8-2-3-9(14)4-10(8)13/h2-4,11H,5-6H2,1H3,(H,15,16)(H,17,18). The second-order valence-corrected chi connectivity index (χ2v) is 7.35. The Kier molecular flexibility index (Phi) is 5.85. The maximum Gasteiger partial charge on any atom is 0.327 e. The molecule has 1 aromatic rings. The number of rotatable bonds is 6. The number of carbonyl (C=O) groups excluding carboxylic acids is 1. The highest BCUT2D eigenvalue weighted by Crippen LogP contribution is 2.20. The Morgan fingerprint density at radius 1 is 1.43 bits per heavy atom. The predicted octanol–water partition coefficient (Wildman–Crippen LogP) is 1.09. The smallest absolute Gasteiger partial charge is 0.327 e. The maximum atomic E-state index is 12.9. The molecule has 1 rings (SSSR count). The highest BCUT2D eigenvalue weighted by atomic mass is 79.9. The van der Waals surface area contributed by atoms with Crippen molar-refractivity contribution in [2.24, 2.45) is 0 Å². The summed E-state index contributed by atoms with van der Waals surface area (Å²) < 4.78 is 37.2. The summed E-state index contributed by atoms with van der Waals surface area (Å²) in [6.45, 7) is 1.10. The van der Waals surface area contributed by atoms with Crippen LogP contribution in [0.1, 0.15) is 12.5 Å². The van der Waals surface area contributed by atoms with Crippen LogP contribution in [-0.2, 0) is 25.2 Å². The average molecular weight is 382 g/mol. The Morgan fingerprint density at radius 3 is 2.52 bits per heavy atom. The van der Waals surface area contributed by atoms with Gasteiger partial charge in [0.25, 0.3) is 0 Å². The van der Waals surface area contributed by atoms with E-state index < -0.39 is 45.1 Å². The van der Waals surface area contributed by atoms with Crippen molar-refractivity contribution >= 4 is 37.6 Å². The van der Waals surface area contributed by atoms with Crippen LogP contribution in [-0.4, -0.2) is 37.2 Å². The number of amides is 1. The number of carboxylic acid groups (broad SMARTS) is 1. The molecule has 1 atom stereocenters. The normalized spacial score (nSPS) is 12.7. The molecule has 116 valence electrons. The molecule has 21 heavy (non-hydrogen) atoms. The van der Waals surface area contributed by atoms with Crippen molar-refractivity contribution in [3.05, 3.63) is 34.1 Å². The zero-order valence-corrected chi connectivity index (χ0v) is 13.4. The molecule has 9 heteroatoms. The number of hydrogen-bond donors (Lipinski definition) is 2. The SMILES string of the molecule is CC(=O)NC(CS(=O)(=O)Cc1ccc(F)cc1Br)C(=O)O.